The number of halogens is 1. The summed E-state index contributed by atoms with van der Waals surface area (Å²) < 4.78 is 18.1. The molecule has 1 N–H and O–H groups in total. The van der Waals surface area contributed by atoms with Crippen LogP contribution in [0, 0.1) is 11.7 Å². The Morgan fingerprint density at radius 3 is 2.57 bits per heavy atom. The van der Waals surface area contributed by atoms with Crippen molar-refractivity contribution in [1.29, 1.82) is 0 Å². The van der Waals surface area contributed by atoms with Crippen LogP contribution >= 0.6 is 0 Å². The number of nitrogens with zero attached hydrogens (tertiary/aromatic N) is 1. The van der Waals surface area contributed by atoms with Crippen LogP contribution in [0.4, 0.5) is 4.39 Å². The molecule has 0 radical (unpaired) electrons. The first-order valence-corrected chi connectivity index (χ1v) is 7.35. The number of hydrogen-bond donors (Lipinski definition) is 1. The molecule has 4 nitrogen and oxygen atoms in total. The van der Waals surface area contributed by atoms with Crippen LogP contribution in [0.25, 0.3) is 0 Å². The molecule has 1 aromatic rings. The highest BCUT2D eigenvalue weighted by Crippen LogP contribution is 2.28. The number of benzene rings is 1. The molecule has 21 heavy (non-hydrogen) atoms. The van der Waals surface area contributed by atoms with Gasteiger partial charge in [-0.15, -0.1) is 0 Å². The quantitative estimate of drug-likeness (QED) is 0.819. The minimum atomic E-state index is -0.269. The van der Waals surface area contributed by atoms with Crippen molar-refractivity contribution in [3.8, 4) is 0 Å². The lowest BCUT2D eigenvalue weighted by molar-refractivity contribution is -0.131. The minimum absolute atomic E-state index is 0.107. The van der Waals surface area contributed by atoms with E-state index in [-0.39, 0.29) is 29.8 Å². The fourth-order valence-corrected chi connectivity index (χ4v) is 2.65. The second-order valence-corrected chi connectivity index (χ2v) is 5.72. The normalized spacial score (nSPS) is 22.3. The van der Waals surface area contributed by atoms with Crippen LogP contribution in [-0.2, 0) is 9.53 Å². The Morgan fingerprint density at radius 2 is 2.00 bits per heavy atom. The summed E-state index contributed by atoms with van der Waals surface area (Å²) in [6.45, 7) is 5.29. The summed E-state index contributed by atoms with van der Waals surface area (Å²) in [6, 6.07) is 6.12. The van der Waals surface area contributed by atoms with Gasteiger partial charge in [0.05, 0.1) is 6.04 Å². The van der Waals surface area contributed by atoms with Crippen molar-refractivity contribution in [2.24, 2.45) is 5.92 Å². The Bertz CT molecular complexity index is 476. The zero-order valence-corrected chi connectivity index (χ0v) is 12.8. The maximum atomic E-state index is 13.1. The minimum Gasteiger partial charge on any atom is -0.385 e. The number of amides is 1. The molecule has 0 spiro atoms. The molecule has 1 aromatic carbocycles. The molecule has 0 bridgehead atoms. The molecule has 116 valence electrons. The molecule has 1 heterocycles. The van der Waals surface area contributed by atoms with Gasteiger partial charge in [-0.1, -0.05) is 26.0 Å². The van der Waals surface area contributed by atoms with E-state index in [1.807, 2.05) is 18.7 Å². The van der Waals surface area contributed by atoms with E-state index in [0.717, 1.165) is 12.0 Å². The fourth-order valence-electron chi connectivity index (χ4n) is 2.65. The number of methoxy groups -OCH3 is 1. The first kappa shape index (κ1) is 15.9. The van der Waals surface area contributed by atoms with Gasteiger partial charge in [0.15, 0.2) is 0 Å². The summed E-state index contributed by atoms with van der Waals surface area (Å²) in [5, 5.41) is 3.37. The van der Waals surface area contributed by atoms with Gasteiger partial charge >= 0.3 is 0 Å². The lowest BCUT2D eigenvalue weighted by atomic mass is 10.1. The predicted octanol–water partition coefficient (Wildman–Crippen LogP) is 2.32. The van der Waals surface area contributed by atoms with E-state index in [2.05, 4.69) is 5.32 Å². The molecule has 2 rings (SSSR count). The van der Waals surface area contributed by atoms with E-state index in [1.54, 1.807) is 19.2 Å². The molecule has 0 aliphatic carbocycles. The monoisotopic (exact) mass is 294 g/mol. The van der Waals surface area contributed by atoms with Crippen molar-refractivity contribution >= 4 is 5.91 Å². The fraction of sp³-hybridized carbons (Fsp3) is 0.562. The number of nitrogens with one attached hydrogen (secondary N) is 1. The van der Waals surface area contributed by atoms with Gasteiger partial charge in [-0.2, -0.15) is 0 Å². The third-order valence-electron chi connectivity index (χ3n) is 3.80. The van der Waals surface area contributed by atoms with Crippen molar-refractivity contribution in [2.75, 3.05) is 20.3 Å². The molecule has 1 amide bonds. The summed E-state index contributed by atoms with van der Waals surface area (Å²) in [6.07, 6.45) is 0.592. The summed E-state index contributed by atoms with van der Waals surface area (Å²) in [4.78, 5) is 14.4. The van der Waals surface area contributed by atoms with Crippen molar-refractivity contribution in [3.05, 3.63) is 35.6 Å². The van der Waals surface area contributed by atoms with Crippen molar-refractivity contribution < 1.29 is 13.9 Å². The highest BCUT2D eigenvalue weighted by molar-refractivity contribution is 5.84. The van der Waals surface area contributed by atoms with Crippen LogP contribution in [0.3, 0.4) is 0 Å². The SMILES string of the molecule is COCCCN1C(=O)C(C(C)C)NC1c1ccc(F)cc1. The third kappa shape index (κ3) is 3.60. The molecule has 1 aliphatic heterocycles. The van der Waals surface area contributed by atoms with Gasteiger partial charge in [0.2, 0.25) is 5.91 Å². The van der Waals surface area contributed by atoms with Gasteiger partial charge in [-0.3, -0.25) is 10.1 Å². The lowest BCUT2D eigenvalue weighted by Gasteiger charge is -2.24. The maximum Gasteiger partial charge on any atom is 0.241 e. The van der Waals surface area contributed by atoms with Gasteiger partial charge in [-0.05, 0) is 30.0 Å². The molecule has 2 unspecified atom stereocenters. The first-order chi connectivity index (χ1) is 10.0. The topological polar surface area (TPSA) is 41.6 Å². The largest absolute Gasteiger partial charge is 0.385 e. The van der Waals surface area contributed by atoms with Gasteiger partial charge in [0.1, 0.15) is 12.0 Å². The Kier molecular flexibility index (Phi) is 5.31. The van der Waals surface area contributed by atoms with Crippen molar-refractivity contribution in [3.63, 3.8) is 0 Å². The molecule has 5 heteroatoms. The number of carbonyl (C=O) groups excluding carboxylic acids is 1. The molecule has 0 saturated carbocycles. The average molecular weight is 294 g/mol. The molecule has 1 saturated heterocycles. The number of carbonyl (C=O) groups is 1. The first-order valence-electron chi connectivity index (χ1n) is 7.35. The van der Waals surface area contributed by atoms with Gasteiger partial charge in [-0.25, -0.2) is 4.39 Å². The van der Waals surface area contributed by atoms with E-state index in [0.29, 0.717) is 13.2 Å². The second kappa shape index (κ2) is 7.00. The highest BCUT2D eigenvalue weighted by atomic mass is 19.1. The number of ether oxygens (including phenoxy) is 1. The summed E-state index contributed by atoms with van der Waals surface area (Å²) in [5.74, 6) is 0.0534. The Morgan fingerprint density at radius 1 is 1.33 bits per heavy atom. The Hall–Kier alpha value is -1.46. The third-order valence-corrected chi connectivity index (χ3v) is 3.80. The number of rotatable bonds is 6. The molecular weight excluding hydrogens is 271 g/mol. The van der Waals surface area contributed by atoms with Crippen molar-refractivity contribution in [2.45, 2.75) is 32.5 Å². The molecule has 1 aliphatic rings. The van der Waals surface area contributed by atoms with Gasteiger partial charge in [0, 0.05) is 20.3 Å². The summed E-state index contributed by atoms with van der Waals surface area (Å²) in [7, 11) is 1.65. The summed E-state index contributed by atoms with van der Waals surface area (Å²) >= 11 is 0. The number of hydrogen-bond acceptors (Lipinski definition) is 3. The van der Waals surface area contributed by atoms with Gasteiger partial charge < -0.3 is 9.64 Å². The Balaban J connectivity index is 2.18. The molecule has 2 atom stereocenters. The predicted molar refractivity (Wildman–Crippen MR) is 79.1 cm³/mol. The van der Waals surface area contributed by atoms with Crippen LogP contribution < -0.4 is 5.32 Å². The van der Waals surface area contributed by atoms with Crippen molar-refractivity contribution in [1.82, 2.24) is 10.2 Å². The maximum absolute atomic E-state index is 13.1. The molecule has 1 fully saturated rings. The van der Waals surface area contributed by atoms with Crippen LogP contribution in [0.5, 0.6) is 0 Å². The molecule has 0 aromatic heterocycles. The average Bonchev–Trinajstić information content (AvgIpc) is 2.78. The standard InChI is InChI=1S/C16H23FN2O2/c1-11(2)14-16(20)19(9-4-10-21-3)15(18-14)12-5-7-13(17)8-6-12/h5-8,11,14-15,18H,4,9-10H2,1-3H3. The van der Waals surface area contributed by atoms with Crippen LogP contribution in [0.2, 0.25) is 0 Å². The van der Waals surface area contributed by atoms with Gasteiger partial charge in [0.25, 0.3) is 0 Å². The second-order valence-electron chi connectivity index (χ2n) is 5.72. The van der Waals surface area contributed by atoms with Crippen LogP contribution in [0.1, 0.15) is 32.0 Å². The van der Waals surface area contributed by atoms with E-state index in [4.69, 9.17) is 4.74 Å². The van der Waals surface area contributed by atoms with E-state index < -0.39 is 0 Å². The summed E-state index contributed by atoms with van der Waals surface area (Å²) in [5.41, 5.74) is 0.908. The zero-order valence-electron chi connectivity index (χ0n) is 12.8. The smallest absolute Gasteiger partial charge is 0.241 e. The highest BCUT2D eigenvalue weighted by Gasteiger charge is 2.40. The van der Waals surface area contributed by atoms with Crippen LogP contribution in [0.15, 0.2) is 24.3 Å². The lowest BCUT2D eigenvalue weighted by Crippen LogP contribution is -2.35. The zero-order chi connectivity index (χ0) is 15.4. The van der Waals surface area contributed by atoms with E-state index in [1.165, 1.54) is 12.1 Å². The van der Waals surface area contributed by atoms with E-state index >= 15 is 0 Å². The van der Waals surface area contributed by atoms with E-state index in [9.17, 15) is 9.18 Å². The van der Waals surface area contributed by atoms with Crippen LogP contribution in [-0.4, -0.2) is 37.1 Å². The molecular formula is C16H23FN2O2. The Labute approximate surface area is 125 Å².